The third kappa shape index (κ3) is 3.11. The van der Waals surface area contributed by atoms with Crippen LogP contribution in [0.3, 0.4) is 0 Å². The van der Waals surface area contributed by atoms with Crippen LogP contribution in [0.15, 0.2) is 42.5 Å². The molecule has 0 bridgehead atoms. The van der Waals surface area contributed by atoms with E-state index >= 15 is 0 Å². The number of carbonyl (C=O) groups is 2. The molecule has 118 valence electrons. The molecule has 2 aromatic carbocycles. The fraction of sp³-hybridized carbons (Fsp3) is 0.263. The Kier molecular flexibility index (Phi) is 4.15. The highest BCUT2D eigenvalue weighted by Crippen LogP contribution is 2.29. The van der Waals surface area contributed by atoms with Gasteiger partial charge in [0.15, 0.2) is 5.78 Å². The lowest BCUT2D eigenvalue weighted by molar-refractivity contribution is -0.141. The van der Waals surface area contributed by atoms with Gasteiger partial charge in [0.25, 0.3) is 0 Å². The lowest BCUT2D eigenvalue weighted by atomic mass is 9.95. The van der Waals surface area contributed by atoms with Crippen LogP contribution in [-0.4, -0.2) is 16.9 Å². The maximum Gasteiger partial charge on any atom is 0.306 e. The maximum atomic E-state index is 12.8. The zero-order chi connectivity index (χ0) is 16.4. The van der Waals surface area contributed by atoms with E-state index in [0.29, 0.717) is 36.3 Å². The van der Waals surface area contributed by atoms with Crippen molar-refractivity contribution in [3.05, 3.63) is 64.7 Å². The zero-order valence-electron chi connectivity index (χ0n) is 12.9. The second-order valence-corrected chi connectivity index (χ2v) is 5.88. The highest BCUT2D eigenvalue weighted by atomic mass is 16.5. The van der Waals surface area contributed by atoms with Gasteiger partial charge in [-0.25, -0.2) is 0 Å². The predicted molar refractivity (Wildman–Crippen MR) is 85.8 cm³/mol. The van der Waals surface area contributed by atoms with Crippen LogP contribution in [0.4, 0.5) is 0 Å². The molecule has 0 fully saturated rings. The molecule has 1 unspecified atom stereocenters. The molecule has 0 spiro atoms. The van der Waals surface area contributed by atoms with E-state index in [1.165, 1.54) is 0 Å². The first-order valence-electron chi connectivity index (χ1n) is 7.67. The van der Waals surface area contributed by atoms with Crippen LogP contribution in [-0.2, 0) is 17.8 Å². The number of hydrogen-bond donors (Lipinski definition) is 1. The largest absolute Gasteiger partial charge is 0.488 e. The summed E-state index contributed by atoms with van der Waals surface area (Å²) < 4.78 is 5.75. The van der Waals surface area contributed by atoms with Gasteiger partial charge in [-0.3, -0.25) is 9.59 Å². The molecule has 2 aromatic rings. The molecule has 4 nitrogen and oxygen atoms in total. The molecule has 0 amide bonds. The first-order valence-corrected chi connectivity index (χ1v) is 7.67. The Morgan fingerprint density at radius 2 is 2.00 bits per heavy atom. The average Bonchev–Trinajstić information content (AvgIpc) is 2.70. The lowest BCUT2D eigenvalue weighted by Gasteiger charge is -2.10. The van der Waals surface area contributed by atoms with Gasteiger partial charge in [-0.05, 0) is 30.5 Å². The Morgan fingerprint density at radius 3 is 2.78 bits per heavy atom. The lowest BCUT2D eigenvalue weighted by Crippen LogP contribution is -2.10. The smallest absolute Gasteiger partial charge is 0.306 e. The van der Waals surface area contributed by atoms with Gasteiger partial charge in [-0.15, -0.1) is 0 Å². The first-order chi connectivity index (χ1) is 11.1. The number of aliphatic carboxylic acids is 1. The van der Waals surface area contributed by atoms with Gasteiger partial charge in [0, 0.05) is 11.1 Å². The van der Waals surface area contributed by atoms with E-state index in [1.807, 2.05) is 36.4 Å². The van der Waals surface area contributed by atoms with Gasteiger partial charge in [-0.2, -0.15) is 0 Å². The second-order valence-electron chi connectivity index (χ2n) is 5.88. The average molecular weight is 310 g/mol. The molecule has 1 aliphatic heterocycles. The van der Waals surface area contributed by atoms with Crippen molar-refractivity contribution in [2.24, 2.45) is 5.92 Å². The fourth-order valence-corrected chi connectivity index (χ4v) is 2.71. The monoisotopic (exact) mass is 310 g/mol. The van der Waals surface area contributed by atoms with Crippen LogP contribution in [0.2, 0.25) is 0 Å². The molecule has 3 rings (SSSR count). The summed E-state index contributed by atoms with van der Waals surface area (Å²) in [6.07, 6.45) is 1.16. The van der Waals surface area contributed by atoms with Crippen LogP contribution >= 0.6 is 0 Å². The topological polar surface area (TPSA) is 63.6 Å². The van der Waals surface area contributed by atoms with Gasteiger partial charge in [-0.1, -0.05) is 37.3 Å². The van der Waals surface area contributed by atoms with Gasteiger partial charge >= 0.3 is 5.97 Å². The van der Waals surface area contributed by atoms with Crippen molar-refractivity contribution in [1.82, 2.24) is 0 Å². The molecule has 0 radical (unpaired) electrons. The number of carboxylic acid groups (broad SMARTS) is 1. The van der Waals surface area contributed by atoms with Crippen molar-refractivity contribution in [2.75, 3.05) is 0 Å². The maximum absolute atomic E-state index is 12.8. The third-order valence-corrected chi connectivity index (χ3v) is 4.22. The Balaban J connectivity index is 1.88. The van der Waals surface area contributed by atoms with Crippen LogP contribution < -0.4 is 4.74 Å². The zero-order valence-corrected chi connectivity index (χ0v) is 12.9. The molecular weight excluding hydrogens is 292 g/mol. The molecule has 1 aliphatic rings. The molecule has 0 saturated carbocycles. The first kappa shape index (κ1) is 15.3. The molecule has 1 atom stereocenters. The number of hydrogen-bond acceptors (Lipinski definition) is 3. The van der Waals surface area contributed by atoms with Crippen molar-refractivity contribution in [3.63, 3.8) is 0 Å². The van der Waals surface area contributed by atoms with Crippen molar-refractivity contribution in [3.8, 4) is 5.75 Å². The standard InChI is InChI=1S/C19H18O4/c1-12(19(21)22)6-7-13-8-9-17-16(10-13)18(20)15-5-3-2-4-14(15)11-23-17/h2-5,8-10,12H,6-7,11H2,1H3,(H,21,22). The minimum Gasteiger partial charge on any atom is -0.488 e. The van der Waals surface area contributed by atoms with E-state index in [4.69, 9.17) is 9.84 Å². The molecule has 23 heavy (non-hydrogen) atoms. The Bertz CT molecular complexity index is 764. The highest BCUT2D eigenvalue weighted by Gasteiger charge is 2.22. The second kappa shape index (κ2) is 6.24. The Morgan fingerprint density at radius 1 is 1.22 bits per heavy atom. The Hall–Kier alpha value is -2.62. The number of carbonyl (C=O) groups excluding carboxylic acids is 1. The molecule has 0 aromatic heterocycles. The molecule has 1 N–H and O–H groups in total. The summed E-state index contributed by atoms with van der Waals surface area (Å²) in [5.41, 5.74) is 3.06. The molecule has 0 saturated heterocycles. The van der Waals surface area contributed by atoms with E-state index in [9.17, 15) is 9.59 Å². The summed E-state index contributed by atoms with van der Waals surface area (Å²) in [6, 6.07) is 13.0. The van der Waals surface area contributed by atoms with Crippen molar-refractivity contribution >= 4 is 11.8 Å². The van der Waals surface area contributed by atoms with Gasteiger partial charge in [0.05, 0.1) is 11.5 Å². The van der Waals surface area contributed by atoms with Crippen LogP contribution in [0.5, 0.6) is 5.75 Å². The summed E-state index contributed by atoms with van der Waals surface area (Å²) in [5, 5.41) is 8.97. The number of carboxylic acids is 1. The van der Waals surface area contributed by atoms with Crippen LogP contribution in [0.25, 0.3) is 0 Å². The fourth-order valence-electron chi connectivity index (χ4n) is 2.71. The normalized spacial score (nSPS) is 14.2. The van der Waals surface area contributed by atoms with Gasteiger partial charge < -0.3 is 9.84 Å². The Labute approximate surface area is 134 Å². The number of ketones is 1. The number of fused-ring (bicyclic) bond motifs is 2. The van der Waals surface area contributed by atoms with E-state index in [-0.39, 0.29) is 5.78 Å². The van der Waals surface area contributed by atoms with E-state index in [2.05, 4.69) is 0 Å². The number of aryl methyl sites for hydroxylation is 1. The summed E-state index contributed by atoms with van der Waals surface area (Å²) in [4.78, 5) is 23.7. The molecule has 0 aliphatic carbocycles. The number of benzene rings is 2. The van der Waals surface area contributed by atoms with E-state index in [0.717, 1.165) is 11.1 Å². The van der Waals surface area contributed by atoms with Crippen molar-refractivity contribution < 1.29 is 19.4 Å². The van der Waals surface area contributed by atoms with Gasteiger partial charge in [0.2, 0.25) is 0 Å². The summed E-state index contributed by atoms with van der Waals surface area (Å²) in [7, 11) is 0. The van der Waals surface area contributed by atoms with Crippen molar-refractivity contribution in [1.29, 1.82) is 0 Å². The van der Waals surface area contributed by atoms with Crippen LogP contribution in [0.1, 0.15) is 40.4 Å². The van der Waals surface area contributed by atoms with Gasteiger partial charge in [0.1, 0.15) is 12.4 Å². The van der Waals surface area contributed by atoms with Crippen molar-refractivity contribution in [2.45, 2.75) is 26.4 Å². The number of ether oxygens (including phenoxy) is 1. The quantitative estimate of drug-likeness (QED) is 0.939. The molecule has 1 heterocycles. The highest BCUT2D eigenvalue weighted by molar-refractivity contribution is 6.12. The predicted octanol–water partition coefficient (Wildman–Crippen LogP) is 3.46. The summed E-state index contributed by atoms with van der Waals surface area (Å²) >= 11 is 0. The van der Waals surface area contributed by atoms with Crippen LogP contribution in [0, 0.1) is 5.92 Å². The molecular formula is C19H18O4. The summed E-state index contributed by atoms with van der Waals surface area (Å²) in [5.74, 6) is -0.656. The number of rotatable bonds is 4. The third-order valence-electron chi connectivity index (χ3n) is 4.22. The van der Waals surface area contributed by atoms with E-state index in [1.54, 1.807) is 13.0 Å². The minimum atomic E-state index is -0.798. The SMILES string of the molecule is CC(CCc1ccc2c(c1)C(=O)c1ccccc1CO2)C(=O)O. The molecule has 4 heteroatoms. The van der Waals surface area contributed by atoms with E-state index < -0.39 is 11.9 Å². The minimum absolute atomic E-state index is 0.0405. The summed E-state index contributed by atoms with van der Waals surface area (Å²) in [6.45, 7) is 2.07.